The van der Waals surface area contributed by atoms with Crippen LogP contribution in [0.5, 0.6) is 5.75 Å². The van der Waals surface area contributed by atoms with Crippen LogP contribution in [0.1, 0.15) is 36.6 Å². The Morgan fingerprint density at radius 2 is 1.76 bits per heavy atom. The van der Waals surface area contributed by atoms with Crippen LogP contribution < -0.4 is 10.5 Å². The molecule has 148 valence electrons. The minimum atomic E-state index is 0.246. The van der Waals surface area contributed by atoms with Crippen molar-refractivity contribution >= 4 is 34.1 Å². The van der Waals surface area contributed by atoms with Gasteiger partial charge in [-0.3, -0.25) is 0 Å². The van der Waals surface area contributed by atoms with Gasteiger partial charge >= 0.3 is 0 Å². The predicted octanol–water partition coefficient (Wildman–Crippen LogP) is 5.57. The molecule has 4 nitrogen and oxygen atoms in total. The molecule has 0 spiro atoms. The van der Waals surface area contributed by atoms with Crippen molar-refractivity contribution in [1.82, 2.24) is 9.97 Å². The Morgan fingerprint density at radius 3 is 2.52 bits per heavy atom. The number of methoxy groups -OCH3 is 1. The average molecular weight is 386 g/mol. The first-order valence-corrected chi connectivity index (χ1v) is 10.1. The fourth-order valence-electron chi connectivity index (χ4n) is 3.59. The Hall–Kier alpha value is -3.11. The summed E-state index contributed by atoms with van der Waals surface area (Å²) in [4.78, 5) is 8.28. The molecule has 0 saturated carbocycles. The van der Waals surface area contributed by atoms with Crippen LogP contribution >= 0.6 is 0 Å². The van der Waals surface area contributed by atoms with E-state index >= 15 is 0 Å². The number of nitrogens with one attached hydrogen (secondary N) is 1. The van der Waals surface area contributed by atoms with Crippen LogP contribution in [0, 0.1) is 0 Å². The molecular formula is C25H27N3O. The molecule has 2 aromatic carbocycles. The van der Waals surface area contributed by atoms with Gasteiger partial charge in [0.25, 0.3) is 0 Å². The van der Waals surface area contributed by atoms with Crippen LogP contribution in [0.4, 0.5) is 0 Å². The molecule has 2 heterocycles. The molecular weight excluding hydrogens is 358 g/mol. The van der Waals surface area contributed by atoms with Crippen LogP contribution in [-0.2, 0) is 6.42 Å². The van der Waals surface area contributed by atoms with Crippen LogP contribution in [0.15, 0.2) is 54.6 Å². The largest absolute Gasteiger partial charge is 0.497 e. The number of H-pyrrole nitrogens is 1. The Morgan fingerprint density at radius 1 is 1.00 bits per heavy atom. The lowest BCUT2D eigenvalue weighted by molar-refractivity contribution is 0.415. The van der Waals surface area contributed by atoms with Crippen molar-refractivity contribution in [3.8, 4) is 5.75 Å². The maximum Gasteiger partial charge on any atom is 0.138 e. The molecule has 29 heavy (non-hydrogen) atoms. The van der Waals surface area contributed by atoms with E-state index in [0.29, 0.717) is 0 Å². The highest BCUT2D eigenvalue weighted by atomic mass is 16.5. The van der Waals surface area contributed by atoms with E-state index in [4.69, 9.17) is 15.5 Å². The molecule has 0 amide bonds. The summed E-state index contributed by atoms with van der Waals surface area (Å²) in [6.07, 6.45) is 7.30. The van der Waals surface area contributed by atoms with Gasteiger partial charge in [0.2, 0.25) is 0 Å². The number of hydrogen-bond donors (Lipinski definition) is 2. The van der Waals surface area contributed by atoms with Crippen molar-refractivity contribution < 1.29 is 4.74 Å². The maximum absolute atomic E-state index is 5.85. The SMILES string of the molecule is COc1ccc(C=Cc2ccc3[nH]c4nc(CCCC(C)N)ccc4c3c2)cc1. The summed E-state index contributed by atoms with van der Waals surface area (Å²) < 4.78 is 5.21. The van der Waals surface area contributed by atoms with E-state index in [0.717, 1.165) is 58.4 Å². The first kappa shape index (κ1) is 19.2. The van der Waals surface area contributed by atoms with E-state index in [9.17, 15) is 0 Å². The van der Waals surface area contributed by atoms with Gasteiger partial charge < -0.3 is 15.5 Å². The monoisotopic (exact) mass is 385 g/mol. The number of aromatic nitrogens is 2. The zero-order valence-electron chi connectivity index (χ0n) is 17.0. The number of aryl methyl sites for hydroxylation is 1. The summed E-state index contributed by atoms with van der Waals surface area (Å²) >= 11 is 0. The van der Waals surface area contributed by atoms with Gasteiger partial charge in [-0.1, -0.05) is 30.4 Å². The Bertz CT molecular complexity index is 1140. The highest BCUT2D eigenvalue weighted by Crippen LogP contribution is 2.26. The van der Waals surface area contributed by atoms with E-state index in [1.807, 2.05) is 12.1 Å². The lowest BCUT2D eigenvalue weighted by atomic mass is 10.1. The first-order valence-electron chi connectivity index (χ1n) is 10.1. The van der Waals surface area contributed by atoms with E-state index < -0.39 is 0 Å². The van der Waals surface area contributed by atoms with Crippen molar-refractivity contribution in [2.45, 2.75) is 32.2 Å². The lowest BCUT2D eigenvalue weighted by Gasteiger charge is -2.04. The zero-order valence-corrected chi connectivity index (χ0v) is 17.0. The van der Waals surface area contributed by atoms with Crippen LogP contribution in [0.2, 0.25) is 0 Å². The Labute approximate surface area is 171 Å². The van der Waals surface area contributed by atoms with Crippen molar-refractivity contribution in [3.63, 3.8) is 0 Å². The molecule has 0 fully saturated rings. The number of rotatable bonds is 7. The van der Waals surface area contributed by atoms with Gasteiger partial charge in [-0.05, 0) is 73.7 Å². The smallest absolute Gasteiger partial charge is 0.138 e. The summed E-state index contributed by atoms with van der Waals surface area (Å²) in [5, 5.41) is 2.36. The molecule has 0 radical (unpaired) electrons. The first-order chi connectivity index (χ1) is 14.1. The minimum absolute atomic E-state index is 0.246. The topological polar surface area (TPSA) is 63.9 Å². The van der Waals surface area contributed by atoms with Crippen molar-refractivity contribution in [3.05, 3.63) is 71.4 Å². The number of aromatic amines is 1. The van der Waals surface area contributed by atoms with E-state index in [-0.39, 0.29) is 6.04 Å². The molecule has 4 heteroatoms. The maximum atomic E-state index is 5.85. The Kier molecular flexibility index (Phi) is 5.63. The molecule has 0 bridgehead atoms. The summed E-state index contributed by atoms with van der Waals surface area (Å²) in [5.41, 5.74) is 11.3. The molecule has 4 rings (SSSR count). The van der Waals surface area contributed by atoms with Gasteiger partial charge in [0.15, 0.2) is 0 Å². The molecule has 2 aromatic heterocycles. The van der Waals surface area contributed by atoms with Gasteiger partial charge in [0, 0.05) is 28.0 Å². The van der Waals surface area contributed by atoms with E-state index in [1.54, 1.807) is 7.11 Å². The number of pyridine rings is 1. The average Bonchev–Trinajstić information content (AvgIpc) is 3.09. The molecule has 0 aliphatic rings. The molecule has 4 aromatic rings. The number of ether oxygens (including phenoxy) is 1. The second-order valence-electron chi connectivity index (χ2n) is 7.60. The van der Waals surface area contributed by atoms with Crippen molar-refractivity contribution in [2.75, 3.05) is 7.11 Å². The summed E-state index contributed by atoms with van der Waals surface area (Å²) in [6, 6.07) is 19.1. The number of nitrogens with zero attached hydrogens (tertiary/aromatic N) is 1. The predicted molar refractivity (Wildman–Crippen MR) is 122 cm³/mol. The van der Waals surface area contributed by atoms with E-state index in [1.165, 1.54) is 5.39 Å². The third-order valence-electron chi connectivity index (χ3n) is 5.22. The van der Waals surface area contributed by atoms with Gasteiger partial charge in [-0.15, -0.1) is 0 Å². The van der Waals surface area contributed by atoms with Crippen LogP contribution in [0.3, 0.4) is 0 Å². The molecule has 1 unspecified atom stereocenters. The molecule has 3 N–H and O–H groups in total. The van der Waals surface area contributed by atoms with Gasteiger partial charge in [0.05, 0.1) is 7.11 Å². The minimum Gasteiger partial charge on any atom is -0.497 e. The highest BCUT2D eigenvalue weighted by Gasteiger charge is 2.07. The summed E-state index contributed by atoms with van der Waals surface area (Å²) in [6.45, 7) is 2.05. The molecule has 0 aliphatic heterocycles. The van der Waals surface area contributed by atoms with Crippen molar-refractivity contribution in [1.29, 1.82) is 0 Å². The quantitative estimate of drug-likeness (QED) is 0.409. The second kappa shape index (κ2) is 8.50. The molecule has 1 atom stereocenters. The summed E-state index contributed by atoms with van der Waals surface area (Å²) in [7, 11) is 1.68. The normalized spacial score (nSPS) is 12.8. The Balaban J connectivity index is 1.57. The van der Waals surface area contributed by atoms with Gasteiger partial charge in [-0.2, -0.15) is 0 Å². The molecule has 0 saturated heterocycles. The third-order valence-corrected chi connectivity index (χ3v) is 5.22. The number of nitrogens with two attached hydrogens (primary N) is 1. The lowest BCUT2D eigenvalue weighted by Crippen LogP contribution is -2.14. The van der Waals surface area contributed by atoms with Crippen molar-refractivity contribution in [2.24, 2.45) is 5.73 Å². The fraction of sp³-hybridized carbons (Fsp3) is 0.240. The highest BCUT2D eigenvalue weighted by molar-refractivity contribution is 6.06. The van der Waals surface area contributed by atoms with Crippen LogP contribution in [0.25, 0.3) is 34.1 Å². The zero-order chi connectivity index (χ0) is 20.2. The summed E-state index contributed by atoms with van der Waals surface area (Å²) in [5.74, 6) is 0.867. The fourth-order valence-corrected chi connectivity index (χ4v) is 3.59. The number of hydrogen-bond acceptors (Lipinski definition) is 3. The standard InChI is InChI=1S/C25H27N3O/c1-17(26)4-3-5-20-11-14-22-23-16-19(10-15-24(23)28-25(22)27-20)7-6-18-8-12-21(29-2)13-9-18/h6-17H,3-5,26H2,1-2H3,(H,27,28). The second-order valence-corrected chi connectivity index (χ2v) is 7.60. The van der Waals surface area contributed by atoms with Crippen LogP contribution in [-0.4, -0.2) is 23.1 Å². The van der Waals surface area contributed by atoms with Gasteiger partial charge in [-0.25, -0.2) is 4.98 Å². The number of benzene rings is 2. The van der Waals surface area contributed by atoms with Gasteiger partial charge in [0.1, 0.15) is 11.4 Å². The van der Waals surface area contributed by atoms with E-state index in [2.05, 4.69) is 66.5 Å². The number of fused-ring (bicyclic) bond motifs is 3. The third kappa shape index (κ3) is 4.49. The molecule has 0 aliphatic carbocycles.